The molecule has 1 aliphatic heterocycles. The predicted octanol–water partition coefficient (Wildman–Crippen LogP) is 2.14. The van der Waals surface area contributed by atoms with Crippen LogP contribution in [0.2, 0.25) is 0 Å². The van der Waals surface area contributed by atoms with Crippen LogP contribution in [-0.2, 0) is 16.1 Å². The van der Waals surface area contributed by atoms with Gasteiger partial charge >= 0.3 is 0 Å². The Hall–Kier alpha value is -1.75. The molecule has 0 saturated carbocycles. The van der Waals surface area contributed by atoms with E-state index in [9.17, 15) is 4.79 Å². The van der Waals surface area contributed by atoms with Gasteiger partial charge < -0.3 is 19.5 Å². The standard InChI is InChI=1S/C16H23NO4/c1-11-13(5-4-8-21-11)16(18)17-10-12-6-7-14(19-2)15(9-12)20-3/h6-7,9,11,13H,4-5,8,10H2,1-3H3,(H,17,18). The van der Waals surface area contributed by atoms with Crippen molar-refractivity contribution in [3.8, 4) is 11.5 Å². The Morgan fingerprint density at radius 2 is 2.10 bits per heavy atom. The summed E-state index contributed by atoms with van der Waals surface area (Å²) in [4.78, 5) is 12.2. The van der Waals surface area contributed by atoms with Crippen LogP contribution < -0.4 is 14.8 Å². The average molecular weight is 293 g/mol. The van der Waals surface area contributed by atoms with E-state index < -0.39 is 0 Å². The van der Waals surface area contributed by atoms with Crippen molar-refractivity contribution in [3.63, 3.8) is 0 Å². The van der Waals surface area contributed by atoms with Gasteiger partial charge in [-0.05, 0) is 37.5 Å². The number of carbonyl (C=O) groups excluding carboxylic acids is 1. The first-order valence-corrected chi connectivity index (χ1v) is 7.26. The van der Waals surface area contributed by atoms with E-state index in [1.807, 2.05) is 25.1 Å². The molecule has 1 aliphatic rings. The molecule has 2 unspecified atom stereocenters. The first-order chi connectivity index (χ1) is 10.2. The second-order valence-electron chi connectivity index (χ2n) is 5.23. The summed E-state index contributed by atoms with van der Waals surface area (Å²) in [7, 11) is 3.20. The largest absolute Gasteiger partial charge is 0.493 e. The molecule has 1 aromatic rings. The van der Waals surface area contributed by atoms with Crippen LogP contribution in [0.15, 0.2) is 18.2 Å². The highest BCUT2D eigenvalue weighted by Gasteiger charge is 2.28. The van der Waals surface area contributed by atoms with Crippen molar-refractivity contribution in [2.24, 2.45) is 5.92 Å². The fraction of sp³-hybridized carbons (Fsp3) is 0.562. The van der Waals surface area contributed by atoms with Crippen LogP contribution in [0.4, 0.5) is 0 Å². The third-order valence-electron chi connectivity index (χ3n) is 3.86. The SMILES string of the molecule is COc1ccc(CNC(=O)C2CCCOC2C)cc1OC. The van der Waals surface area contributed by atoms with Gasteiger partial charge in [0.25, 0.3) is 0 Å². The zero-order valence-corrected chi connectivity index (χ0v) is 12.8. The second kappa shape index (κ2) is 7.31. The topological polar surface area (TPSA) is 56.8 Å². The van der Waals surface area contributed by atoms with Gasteiger partial charge in [0.15, 0.2) is 11.5 Å². The van der Waals surface area contributed by atoms with E-state index in [1.54, 1.807) is 14.2 Å². The quantitative estimate of drug-likeness (QED) is 0.903. The average Bonchev–Trinajstić information content (AvgIpc) is 2.52. The van der Waals surface area contributed by atoms with Gasteiger partial charge in [0.1, 0.15) is 0 Å². The number of hydrogen-bond acceptors (Lipinski definition) is 4. The monoisotopic (exact) mass is 293 g/mol. The van der Waals surface area contributed by atoms with Crippen LogP contribution in [0.5, 0.6) is 11.5 Å². The third-order valence-corrected chi connectivity index (χ3v) is 3.86. The number of ether oxygens (including phenoxy) is 3. The summed E-state index contributed by atoms with van der Waals surface area (Å²) in [6, 6.07) is 5.63. The van der Waals surface area contributed by atoms with Crippen LogP contribution in [0.3, 0.4) is 0 Å². The lowest BCUT2D eigenvalue weighted by atomic mass is 9.94. The van der Waals surface area contributed by atoms with Crippen molar-refractivity contribution in [3.05, 3.63) is 23.8 Å². The summed E-state index contributed by atoms with van der Waals surface area (Å²) in [5.41, 5.74) is 0.977. The molecule has 1 fully saturated rings. The fourth-order valence-corrected chi connectivity index (χ4v) is 2.58. The van der Waals surface area contributed by atoms with Gasteiger partial charge in [-0.15, -0.1) is 0 Å². The molecule has 0 radical (unpaired) electrons. The van der Waals surface area contributed by atoms with E-state index in [0.717, 1.165) is 25.0 Å². The number of benzene rings is 1. The minimum Gasteiger partial charge on any atom is -0.493 e. The van der Waals surface area contributed by atoms with Crippen LogP contribution in [0.1, 0.15) is 25.3 Å². The smallest absolute Gasteiger partial charge is 0.225 e. The first kappa shape index (κ1) is 15.6. The molecule has 0 aliphatic carbocycles. The van der Waals surface area contributed by atoms with Crippen LogP contribution in [0, 0.1) is 5.92 Å². The second-order valence-corrected chi connectivity index (χ2v) is 5.23. The molecule has 2 rings (SSSR count). The van der Waals surface area contributed by atoms with Gasteiger partial charge in [0, 0.05) is 13.2 Å². The van der Waals surface area contributed by atoms with Crippen molar-refractivity contribution in [2.45, 2.75) is 32.4 Å². The molecule has 0 bridgehead atoms. The number of hydrogen-bond donors (Lipinski definition) is 1. The summed E-state index contributed by atoms with van der Waals surface area (Å²) >= 11 is 0. The molecule has 5 nitrogen and oxygen atoms in total. The van der Waals surface area contributed by atoms with Crippen molar-refractivity contribution in [1.29, 1.82) is 0 Å². The molecular formula is C16H23NO4. The van der Waals surface area contributed by atoms with Crippen LogP contribution in [0.25, 0.3) is 0 Å². The maximum atomic E-state index is 12.2. The normalized spacial score (nSPS) is 21.7. The van der Waals surface area contributed by atoms with Crippen molar-refractivity contribution in [1.82, 2.24) is 5.32 Å². The van der Waals surface area contributed by atoms with Crippen LogP contribution >= 0.6 is 0 Å². The molecule has 21 heavy (non-hydrogen) atoms. The highest BCUT2D eigenvalue weighted by molar-refractivity contribution is 5.79. The van der Waals surface area contributed by atoms with E-state index in [4.69, 9.17) is 14.2 Å². The zero-order valence-electron chi connectivity index (χ0n) is 12.8. The summed E-state index contributed by atoms with van der Waals surface area (Å²) in [6.45, 7) is 3.18. The Bertz CT molecular complexity index is 489. The van der Waals surface area contributed by atoms with Gasteiger partial charge in [0.05, 0.1) is 26.2 Å². The molecule has 1 N–H and O–H groups in total. The van der Waals surface area contributed by atoms with Gasteiger partial charge in [-0.3, -0.25) is 4.79 Å². The molecule has 0 aromatic heterocycles. The highest BCUT2D eigenvalue weighted by atomic mass is 16.5. The summed E-state index contributed by atoms with van der Waals surface area (Å²) in [6.07, 6.45) is 1.82. The van der Waals surface area contributed by atoms with Crippen molar-refractivity contribution >= 4 is 5.91 Å². The van der Waals surface area contributed by atoms with Crippen molar-refractivity contribution < 1.29 is 19.0 Å². The summed E-state index contributed by atoms with van der Waals surface area (Å²) in [5, 5.41) is 2.97. The number of carbonyl (C=O) groups is 1. The van der Waals surface area contributed by atoms with Gasteiger partial charge in [0.2, 0.25) is 5.91 Å². The molecule has 1 saturated heterocycles. The third kappa shape index (κ3) is 3.88. The van der Waals surface area contributed by atoms with Gasteiger partial charge in [-0.25, -0.2) is 0 Å². The lowest BCUT2D eigenvalue weighted by molar-refractivity contribution is -0.133. The van der Waals surface area contributed by atoms with Crippen molar-refractivity contribution in [2.75, 3.05) is 20.8 Å². The lowest BCUT2D eigenvalue weighted by Crippen LogP contribution is -2.39. The lowest BCUT2D eigenvalue weighted by Gasteiger charge is -2.28. The Kier molecular flexibility index (Phi) is 5.44. The molecular weight excluding hydrogens is 270 g/mol. The number of amides is 1. The molecule has 1 aromatic carbocycles. The van der Waals surface area contributed by atoms with E-state index in [0.29, 0.717) is 18.0 Å². The predicted molar refractivity (Wildman–Crippen MR) is 79.5 cm³/mol. The minimum atomic E-state index is -0.0566. The minimum absolute atomic E-state index is 0.0100. The maximum absolute atomic E-state index is 12.2. The Morgan fingerprint density at radius 1 is 1.33 bits per heavy atom. The number of methoxy groups -OCH3 is 2. The molecule has 2 atom stereocenters. The molecule has 0 spiro atoms. The van der Waals surface area contributed by atoms with E-state index in [2.05, 4.69) is 5.32 Å². The Labute approximate surface area is 125 Å². The summed E-state index contributed by atoms with van der Waals surface area (Å²) in [5.74, 6) is 1.34. The fourth-order valence-electron chi connectivity index (χ4n) is 2.58. The van der Waals surface area contributed by atoms with E-state index in [-0.39, 0.29) is 17.9 Å². The molecule has 116 valence electrons. The van der Waals surface area contributed by atoms with Gasteiger partial charge in [-0.2, -0.15) is 0 Å². The molecule has 1 heterocycles. The van der Waals surface area contributed by atoms with E-state index in [1.165, 1.54) is 0 Å². The van der Waals surface area contributed by atoms with Gasteiger partial charge in [-0.1, -0.05) is 6.07 Å². The Balaban J connectivity index is 1.94. The molecule has 5 heteroatoms. The number of nitrogens with one attached hydrogen (secondary N) is 1. The Morgan fingerprint density at radius 3 is 2.76 bits per heavy atom. The highest BCUT2D eigenvalue weighted by Crippen LogP contribution is 2.27. The van der Waals surface area contributed by atoms with E-state index >= 15 is 0 Å². The molecule has 1 amide bonds. The number of rotatable bonds is 5. The first-order valence-electron chi connectivity index (χ1n) is 7.26. The zero-order chi connectivity index (χ0) is 15.2. The summed E-state index contributed by atoms with van der Waals surface area (Å²) < 4.78 is 16.0. The maximum Gasteiger partial charge on any atom is 0.225 e. The van der Waals surface area contributed by atoms with Crippen LogP contribution in [-0.4, -0.2) is 32.8 Å².